The number of benzene rings is 3. The Bertz CT molecular complexity index is 1730. The van der Waals surface area contributed by atoms with E-state index < -0.39 is 28.6 Å². The number of rotatable bonds is 8. The Morgan fingerprint density at radius 3 is 2.40 bits per heavy atom. The molecule has 3 aromatic carbocycles. The summed E-state index contributed by atoms with van der Waals surface area (Å²) in [4.78, 5) is 18.1. The van der Waals surface area contributed by atoms with E-state index in [0.29, 0.717) is 21.6 Å². The molecule has 12 heteroatoms. The highest BCUT2D eigenvalue weighted by molar-refractivity contribution is 7.98. The van der Waals surface area contributed by atoms with Crippen LogP contribution in [0.1, 0.15) is 30.7 Å². The summed E-state index contributed by atoms with van der Waals surface area (Å²) in [6.45, 7) is 3.99. The molecule has 206 valence electrons. The molecule has 0 aliphatic rings. The molecule has 0 aliphatic carbocycles. The van der Waals surface area contributed by atoms with E-state index in [9.17, 15) is 18.0 Å². The molecular formula is C28H22ClF3N4O3S. The number of nitrogens with zero attached hydrogens (tertiary/aromatic N) is 3. The summed E-state index contributed by atoms with van der Waals surface area (Å²) in [6.07, 6.45) is 1.68. The first-order valence-electron chi connectivity index (χ1n) is 11.9. The topological polar surface area (TPSA) is 85.9 Å². The molecule has 40 heavy (non-hydrogen) atoms. The van der Waals surface area contributed by atoms with Crippen LogP contribution < -0.4 is 10.5 Å². The third kappa shape index (κ3) is 5.26. The molecule has 0 spiro atoms. The molecule has 2 aromatic heterocycles. The SMILES string of the molecule is COc1cc(C(C)(C)c2cnc(SCc3c(F)cc(-c4noc(=O)[nH]4)cc3F)n2-c2ccc(F)cc2)ccc1Cl. The normalized spacial score (nSPS) is 11.7. The summed E-state index contributed by atoms with van der Waals surface area (Å²) in [5.41, 5.74) is 1.47. The molecule has 5 aromatic rings. The predicted molar refractivity (Wildman–Crippen MR) is 146 cm³/mol. The third-order valence-corrected chi connectivity index (χ3v) is 7.82. The monoisotopic (exact) mass is 586 g/mol. The van der Waals surface area contributed by atoms with Gasteiger partial charge in [-0.15, -0.1) is 0 Å². The van der Waals surface area contributed by atoms with E-state index in [-0.39, 0.29) is 22.7 Å². The number of halogens is 4. The number of thioether (sulfide) groups is 1. The minimum absolute atomic E-state index is 0.0323. The number of imidazole rings is 1. The number of hydrogen-bond donors (Lipinski definition) is 1. The highest BCUT2D eigenvalue weighted by Gasteiger charge is 2.30. The van der Waals surface area contributed by atoms with E-state index in [4.69, 9.17) is 16.3 Å². The Balaban J connectivity index is 1.53. The van der Waals surface area contributed by atoms with Gasteiger partial charge in [0.05, 0.1) is 24.0 Å². The Morgan fingerprint density at radius 2 is 1.77 bits per heavy atom. The predicted octanol–water partition coefficient (Wildman–Crippen LogP) is 6.91. The molecule has 0 bridgehead atoms. The van der Waals surface area contributed by atoms with Gasteiger partial charge < -0.3 is 4.74 Å². The second-order valence-electron chi connectivity index (χ2n) is 9.36. The van der Waals surface area contributed by atoms with Crippen LogP contribution >= 0.6 is 23.4 Å². The van der Waals surface area contributed by atoms with E-state index in [1.807, 2.05) is 30.5 Å². The Kier molecular flexibility index (Phi) is 7.52. The summed E-state index contributed by atoms with van der Waals surface area (Å²) >= 11 is 7.36. The van der Waals surface area contributed by atoms with Gasteiger partial charge in [-0.25, -0.2) is 22.9 Å². The lowest BCUT2D eigenvalue weighted by molar-refractivity contribution is 0.388. The van der Waals surface area contributed by atoms with Crippen LogP contribution in [0.5, 0.6) is 5.75 Å². The zero-order valence-electron chi connectivity index (χ0n) is 21.5. The lowest BCUT2D eigenvalue weighted by Crippen LogP contribution is -2.23. The number of aromatic nitrogens is 4. The highest BCUT2D eigenvalue weighted by Crippen LogP contribution is 2.39. The molecule has 5 rings (SSSR count). The number of nitrogens with one attached hydrogen (secondary N) is 1. The molecule has 0 radical (unpaired) electrons. The Hall–Kier alpha value is -3.96. The quantitative estimate of drug-likeness (QED) is 0.199. The van der Waals surface area contributed by atoms with E-state index in [2.05, 4.69) is 19.6 Å². The van der Waals surface area contributed by atoms with Crippen LogP contribution in [0.15, 0.2) is 75.3 Å². The fourth-order valence-corrected chi connectivity index (χ4v) is 5.49. The molecule has 0 amide bonds. The van der Waals surface area contributed by atoms with Gasteiger partial charge in [-0.2, -0.15) is 0 Å². The van der Waals surface area contributed by atoms with Gasteiger partial charge in [0.2, 0.25) is 0 Å². The van der Waals surface area contributed by atoms with E-state index in [1.165, 1.54) is 19.2 Å². The van der Waals surface area contributed by atoms with Crippen molar-refractivity contribution in [3.8, 4) is 22.8 Å². The van der Waals surface area contributed by atoms with Crippen LogP contribution in [-0.4, -0.2) is 26.8 Å². The average molecular weight is 587 g/mol. The standard InChI is InChI=1S/C28H22ClF3N4O3S/c1-28(2,16-4-9-20(29)23(12-16)38-3)24-13-33-26(36(24)18-7-5-17(30)6-8-18)40-14-19-21(31)10-15(11-22(19)32)25-34-27(37)39-35-25/h4-13H,14H2,1-3H3,(H,34,35,37). The van der Waals surface area contributed by atoms with Crippen LogP contribution in [0.2, 0.25) is 5.02 Å². The minimum Gasteiger partial charge on any atom is -0.495 e. The number of hydrogen-bond acceptors (Lipinski definition) is 6. The lowest BCUT2D eigenvalue weighted by Gasteiger charge is -2.28. The molecule has 0 saturated carbocycles. The summed E-state index contributed by atoms with van der Waals surface area (Å²) in [5.74, 6) is -2.54. The van der Waals surface area contributed by atoms with Crippen molar-refractivity contribution in [2.75, 3.05) is 7.11 Å². The first-order chi connectivity index (χ1) is 19.1. The van der Waals surface area contributed by atoms with Gasteiger partial charge in [0.25, 0.3) is 0 Å². The first-order valence-corrected chi connectivity index (χ1v) is 13.3. The fraction of sp³-hybridized carbons (Fsp3) is 0.179. The number of ether oxygens (including phenoxy) is 1. The Morgan fingerprint density at radius 1 is 1.07 bits per heavy atom. The van der Waals surface area contributed by atoms with E-state index >= 15 is 0 Å². The average Bonchev–Trinajstić information content (AvgIpc) is 3.55. The van der Waals surface area contributed by atoms with Gasteiger partial charge in [0.1, 0.15) is 23.2 Å². The van der Waals surface area contributed by atoms with Crippen molar-refractivity contribution in [1.82, 2.24) is 19.7 Å². The summed E-state index contributed by atoms with van der Waals surface area (Å²) in [5, 5.41) is 4.38. The van der Waals surface area contributed by atoms with Crippen molar-refractivity contribution < 1.29 is 22.4 Å². The fourth-order valence-electron chi connectivity index (χ4n) is 4.28. The number of methoxy groups -OCH3 is 1. The molecule has 7 nitrogen and oxygen atoms in total. The maximum Gasteiger partial charge on any atom is 0.439 e. The summed E-state index contributed by atoms with van der Waals surface area (Å²) in [6, 6.07) is 13.5. The molecule has 2 heterocycles. The molecule has 1 N–H and O–H groups in total. The summed E-state index contributed by atoms with van der Waals surface area (Å²) < 4.78 is 55.4. The number of aromatic amines is 1. The van der Waals surface area contributed by atoms with E-state index in [0.717, 1.165) is 35.2 Å². The van der Waals surface area contributed by atoms with Crippen molar-refractivity contribution in [2.45, 2.75) is 30.2 Å². The molecule has 0 fully saturated rings. The largest absolute Gasteiger partial charge is 0.495 e. The van der Waals surface area contributed by atoms with E-state index in [1.54, 1.807) is 24.4 Å². The molecule has 0 atom stereocenters. The maximum absolute atomic E-state index is 15.0. The van der Waals surface area contributed by atoms with Crippen LogP contribution in [0.25, 0.3) is 17.1 Å². The van der Waals surface area contributed by atoms with Gasteiger partial charge in [-0.05, 0) is 54.1 Å². The highest BCUT2D eigenvalue weighted by atomic mass is 35.5. The number of H-pyrrole nitrogens is 1. The van der Waals surface area contributed by atoms with Gasteiger partial charge in [-0.3, -0.25) is 14.1 Å². The molecule has 0 saturated heterocycles. The van der Waals surface area contributed by atoms with Crippen molar-refractivity contribution in [3.63, 3.8) is 0 Å². The van der Waals surface area contributed by atoms with Crippen LogP contribution in [0, 0.1) is 17.5 Å². The Labute approximate surface area is 236 Å². The van der Waals surface area contributed by atoms with Crippen LogP contribution in [0.3, 0.4) is 0 Å². The van der Waals surface area contributed by atoms with Gasteiger partial charge in [-0.1, -0.05) is 48.4 Å². The second-order valence-corrected chi connectivity index (χ2v) is 10.7. The molecule has 0 unspecified atom stereocenters. The van der Waals surface area contributed by atoms with Crippen molar-refractivity contribution in [1.29, 1.82) is 0 Å². The van der Waals surface area contributed by atoms with Gasteiger partial charge in [0.15, 0.2) is 11.0 Å². The van der Waals surface area contributed by atoms with Crippen molar-refractivity contribution >= 4 is 23.4 Å². The molecule has 0 aliphatic heterocycles. The van der Waals surface area contributed by atoms with Gasteiger partial charge >= 0.3 is 5.76 Å². The van der Waals surface area contributed by atoms with Gasteiger partial charge in [0, 0.05) is 28.0 Å². The first kappa shape index (κ1) is 27.6. The second kappa shape index (κ2) is 10.9. The summed E-state index contributed by atoms with van der Waals surface area (Å²) in [7, 11) is 1.53. The van der Waals surface area contributed by atoms with Crippen LogP contribution in [0.4, 0.5) is 13.2 Å². The molecular weight excluding hydrogens is 565 g/mol. The zero-order valence-corrected chi connectivity index (χ0v) is 23.0. The minimum atomic E-state index is -0.834. The van der Waals surface area contributed by atoms with Crippen molar-refractivity contribution in [3.05, 3.63) is 111 Å². The van der Waals surface area contributed by atoms with Crippen LogP contribution in [-0.2, 0) is 11.2 Å². The smallest absolute Gasteiger partial charge is 0.439 e. The lowest BCUT2D eigenvalue weighted by atomic mass is 9.81. The zero-order chi connectivity index (χ0) is 28.6. The van der Waals surface area contributed by atoms with Crippen molar-refractivity contribution in [2.24, 2.45) is 0 Å². The maximum atomic E-state index is 15.0. The third-order valence-electron chi connectivity index (χ3n) is 6.53.